The summed E-state index contributed by atoms with van der Waals surface area (Å²) in [6, 6.07) is 1.89. The summed E-state index contributed by atoms with van der Waals surface area (Å²) in [7, 11) is 0. The first kappa shape index (κ1) is 12.9. The Kier molecular flexibility index (Phi) is 4.24. The second kappa shape index (κ2) is 5.25. The van der Waals surface area contributed by atoms with Crippen LogP contribution < -0.4 is 5.32 Å². The highest BCUT2D eigenvalue weighted by Crippen LogP contribution is 2.19. The highest BCUT2D eigenvalue weighted by Gasteiger charge is 2.17. The van der Waals surface area contributed by atoms with Gasteiger partial charge in [-0.15, -0.1) is 0 Å². The molecule has 1 heterocycles. The normalized spacial score (nSPS) is 13.6. The molecule has 0 spiro atoms. The molecule has 1 aromatic rings. The van der Waals surface area contributed by atoms with E-state index < -0.39 is 0 Å². The Balaban J connectivity index is 2.82. The number of aliphatic hydroxyl groups is 1. The lowest BCUT2D eigenvalue weighted by Gasteiger charge is -2.19. The number of anilines is 1. The third-order valence-corrected chi connectivity index (χ3v) is 2.39. The lowest BCUT2D eigenvalue weighted by molar-refractivity contribution is 0.271. The summed E-state index contributed by atoms with van der Waals surface area (Å²) < 4.78 is 0. The molecule has 0 aliphatic heterocycles. The monoisotopic (exact) mass is 223 g/mol. The van der Waals surface area contributed by atoms with E-state index in [1.54, 1.807) is 6.20 Å². The van der Waals surface area contributed by atoms with Crippen molar-refractivity contribution in [3.63, 3.8) is 0 Å². The number of hydrogen-bond donors (Lipinski definition) is 2. The second-order valence-electron chi connectivity index (χ2n) is 4.95. The number of rotatable bonds is 4. The van der Waals surface area contributed by atoms with Crippen LogP contribution in [0.3, 0.4) is 0 Å². The molecular weight excluding hydrogens is 202 g/mol. The van der Waals surface area contributed by atoms with Gasteiger partial charge in [-0.25, -0.2) is 9.97 Å². The maximum atomic E-state index is 9.11. The van der Waals surface area contributed by atoms with Crippen molar-refractivity contribution in [1.82, 2.24) is 9.97 Å². The summed E-state index contributed by atoms with van der Waals surface area (Å²) in [6.45, 7) is 8.38. The van der Waals surface area contributed by atoms with Gasteiger partial charge in [0.05, 0.1) is 12.6 Å². The number of aliphatic hydroxyl groups excluding tert-OH is 1. The number of nitrogens with one attached hydrogen (secondary N) is 1. The third-order valence-electron chi connectivity index (χ3n) is 2.39. The Morgan fingerprint density at radius 3 is 2.62 bits per heavy atom. The Morgan fingerprint density at radius 1 is 1.44 bits per heavy atom. The predicted octanol–water partition coefficient (Wildman–Crippen LogP) is 1.96. The van der Waals surface area contributed by atoms with Gasteiger partial charge in [-0.2, -0.15) is 0 Å². The van der Waals surface area contributed by atoms with Gasteiger partial charge in [-0.05, 0) is 12.5 Å². The van der Waals surface area contributed by atoms with Gasteiger partial charge in [0.1, 0.15) is 11.6 Å². The molecule has 0 amide bonds. The van der Waals surface area contributed by atoms with Crippen molar-refractivity contribution in [1.29, 1.82) is 0 Å². The summed E-state index contributed by atoms with van der Waals surface area (Å²) >= 11 is 0. The Hall–Kier alpha value is -1.16. The molecule has 0 aromatic carbocycles. The minimum atomic E-state index is -0.0569. The number of nitrogens with zero attached hydrogens (tertiary/aromatic N) is 2. The second-order valence-corrected chi connectivity index (χ2v) is 4.95. The lowest BCUT2D eigenvalue weighted by Crippen LogP contribution is -2.24. The molecule has 1 rings (SSSR count). The van der Waals surface area contributed by atoms with Gasteiger partial charge in [0.25, 0.3) is 0 Å². The Labute approximate surface area is 97.1 Å². The maximum absolute atomic E-state index is 9.11. The van der Waals surface area contributed by atoms with E-state index in [9.17, 15) is 0 Å². The molecule has 0 aliphatic rings. The third kappa shape index (κ3) is 3.45. The zero-order valence-electron chi connectivity index (χ0n) is 10.5. The van der Waals surface area contributed by atoms with Gasteiger partial charge in [0.15, 0.2) is 0 Å². The van der Waals surface area contributed by atoms with Crippen molar-refractivity contribution in [3.8, 4) is 0 Å². The first-order valence-corrected chi connectivity index (χ1v) is 5.68. The highest BCUT2D eigenvalue weighted by atomic mass is 16.3. The average molecular weight is 223 g/mol. The van der Waals surface area contributed by atoms with Crippen LogP contribution in [0.4, 0.5) is 5.82 Å². The quantitative estimate of drug-likeness (QED) is 0.819. The minimum Gasteiger partial charge on any atom is -0.394 e. The molecule has 0 bridgehead atoms. The molecule has 0 saturated carbocycles. The fourth-order valence-corrected chi connectivity index (χ4v) is 1.29. The topological polar surface area (TPSA) is 58.0 Å². The average Bonchev–Trinajstić information content (AvgIpc) is 2.25. The van der Waals surface area contributed by atoms with Gasteiger partial charge in [0.2, 0.25) is 0 Å². The molecular formula is C12H21N3O. The van der Waals surface area contributed by atoms with E-state index >= 15 is 0 Å². The smallest absolute Gasteiger partial charge is 0.135 e. The summed E-state index contributed by atoms with van der Waals surface area (Å²) in [5.74, 6) is 1.59. The van der Waals surface area contributed by atoms with Gasteiger partial charge < -0.3 is 10.4 Å². The van der Waals surface area contributed by atoms with Crippen molar-refractivity contribution in [2.75, 3.05) is 11.9 Å². The van der Waals surface area contributed by atoms with Crippen molar-refractivity contribution < 1.29 is 5.11 Å². The molecule has 0 radical (unpaired) electrons. The molecule has 1 atom stereocenters. The van der Waals surface area contributed by atoms with Crippen LogP contribution in [0, 0.1) is 0 Å². The molecule has 0 unspecified atom stereocenters. The van der Waals surface area contributed by atoms with Crippen molar-refractivity contribution >= 4 is 5.82 Å². The van der Waals surface area contributed by atoms with E-state index in [0.717, 1.165) is 18.1 Å². The van der Waals surface area contributed by atoms with E-state index in [4.69, 9.17) is 5.11 Å². The molecule has 90 valence electrons. The van der Waals surface area contributed by atoms with Crippen LogP contribution >= 0.6 is 0 Å². The van der Waals surface area contributed by atoms with Crippen LogP contribution in [0.15, 0.2) is 12.3 Å². The fraction of sp³-hybridized carbons (Fsp3) is 0.667. The molecule has 2 N–H and O–H groups in total. The molecule has 0 saturated heterocycles. The van der Waals surface area contributed by atoms with Crippen LogP contribution in [0.25, 0.3) is 0 Å². The number of aromatic nitrogens is 2. The van der Waals surface area contributed by atoms with Gasteiger partial charge in [0, 0.05) is 11.6 Å². The SMILES string of the molecule is CC[C@@H](CO)Nc1ccnc(C(C)(C)C)n1. The molecule has 0 fully saturated rings. The summed E-state index contributed by atoms with van der Waals surface area (Å²) in [4.78, 5) is 8.70. The van der Waals surface area contributed by atoms with Crippen molar-refractivity contribution in [2.45, 2.75) is 45.6 Å². The lowest BCUT2D eigenvalue weighted by atomic mass is 9.96. The first-order valence-electron chi connectivity index (χ1n) is 5.68. The van der Waals surface area contributed by atoms with E-state index in [1.807, 2.05) is 13.0 Å². The van der Waals surface area contributed by atoms with Crippen LogP contribution in [0.2, 0.25) is 0 Å². The maximum Gasteiger partial charge on any atom is 0.135 e. The van der Waals surface area contributed by atoms with Gasteiger partial charge >= 0.3 is 0 Å². The van der Waals surface area contributed by atoms with E-state index in [0.29, 0.717) is 0 Å². The van der Waals surface area contributed by atoms with E-state index in [1.165, 1.54) is 0 Å². The van der Waals surface area contributed by atoms with Gasteiger partial charge in [-0.1, -0.05) is 27.7 Å². The zero-order valence-corrected chi connectivity index (χ0v) is 10.5. The fourth-order valence-electron chi connectivity index (χ4n) is 1.29. The summed E-state index contributed by atoms with van der Waals surface area (Å²) in [6.07, 6.45) is 2.62. The summed E-state index contributed by atoms with van der Waals surface area (Å²) in [5.41, 5.74) is -0.0569. The minimum absolute atomic E-state index is 0.0569. The predicted molar refractivity (Wildman–Crippen MR) is 65.5 cm³/mol. The Morgan fingerprint density at radius 2 is 2.12 bits per heavy atom. The standard InChI is InChI=1S/C12H21N3O/c1-5-9(8-16)14-10-6-7-13-11(15-10)12(2,3)4/h6-7,9,16H,5,8H2,1-4H3,(H,13,14,15)/t9-/m0/s1. The molecule has 16 heavy (non-hydrogen) atoms. The number of hydrogen-bond acceptors (Lipinski definition) is 4. The Bertz CT molecular complexity index is 329. The van der Waals surface area contributed by atoms with E-state index in [2.05, 4.69) is 36.1 Å². The van der Waals surface area contributed by atoms with Crippen LogP contribution in [-0.4, -0.2) is 27.7 Å². The van der Waals surface area contributed by atoms with E-state index in [-0.39, 0.29) is 18.1 Å². The summed E-state index contributed by atoms with van der Waals surface area (Å²) in [5, 5.41) is 12.3. The largest absolute Gasteiger partial charge is 0.394 e. The molecule has 0 aliphatic carbocycles. The zero-order chi connectivity index (χ0) is 12.2. The van der Waals surface area contributed by atoms with Crippen LogP contribution in [0.1, 0.15) is 39.9 Å². The molecule has 4 nitrogen and oxygen atoms in total. The van der Waals surface area contributed by atoms with Gasteiger partial charge in [-0.3, -0.25) is 0 Å². The first-order chi connectivity index (χ1) is 7.47. The van der Waals surface area contributed by atoms with Crippen LogP contribution in [0.5, 0.6) is 0 Å². The van der Waals surface area contributed by atoms with Crippen LogP contribution in [-0.2, 0) is 5.41 Å². The van der Waals surface area contributed by atoms with Crippen molar-refractivity contribution in [2.24, 2.45) is 0 Å². The molecule has 1 aromatic heterocycles. The highest BCUT2D eigenvalue weighted by molar-refractivity contribution is 5.35. The molecule has 4 heteroatoms. The van der Waals surface area contributed by atoms with Crippen molar-refractivity contribution in [3.05, 3.63) is 18.1 Å².